The zero-order valence-corrected chi connectivity index (χ0v) is 14.8. The predicted octanol–water partition coefficient (Wildman–Crippen LogP) is 1.18. The highest BCUT2D eigenvalue weighted by atomic mass is 32.2. The number of methoxy groups -OCH3 is 1. The smallest absolute Gasteiger partial charge is 0.306 e. The predicted molar refractivity (Wildman–Crippen MR) is 88.2 cm³/mol. The van der Waals surface area contributed by atoms with Crippen LogP contribution in [0.2, 0.25) is 0 Å². The first-order valence-electron chi connectivity index (χ1n) is 7.74. The molecule has 1 atom stereocenters. The third-order valence-electron chi connectivity index (χ3n) is 3.61. The molecule has 1 unspecified atom stereocenters. The molecular formula is C16H23NO6S. The van der Waals surface area contributed by atoms with Crippen LogP contribution < -0.4 is 4.18 Å². The van der Waals surface area contributed by atoms with Crippen molar-refractivity contribution in [1.82, 2.24) is 4.90 Å². The summed E-state index contributed by atoms with van der Waals surface area (Å²) in [6, 6.07) is 6.62. The number of nitrogens with zero attached hydrogens (tertiary/aromatic N) is 1. The summed E-state index contributed by atoms with van der Waals surface area (Å²) in [6.45, 7) is 1.67. The minimum atomic E-state index is -3.55. The number of amides is 1. The van der Waals surface area contributed by atoms with E-state index in [2.05, 4.69) is 0 Å². The second-order valence-electron chi connectivity index (χ2n) is 5.77. The maximum absolute atomic E-state index is 12.2. The summed E-state index contributed by atoms with van der Waals surface area (Å²) < 4.78 is 37.6. The normalized spacial score (nSPS) is 17.7. The summed E-state index contributed by atoms with van der Waals surface area (Å²) in [6.07, 6.45) is 3.00. The van der Waals surface area contributed by atoms with Gasteiger partial charge in [0.2, 0.25) is 5.91 Å². The fraction of sp³-hybridized carbons (Fsp3) is 0.562. The van der Waals surface area contributed by atoms with Crippen LogP contribution in [0.25, 0.3) is 0 Å². The maximum atomic E-state index is 12.2. The summed E-state index contributed by atoms with van der Waals surface area (Å²) in [4.78, 5) is 13.9. The molecule has 0 saturated carbocycles. The molecule has 0 spiro atoms. The van der Waals surface area contributed by atoms with Crippen LogP contribution in [0.5, 0.6) is 5.75 Å². The number of rotatable bonds is 8. The lowest BCUT2D eigenvalue weighted by atomic mass is 10.1. The molecule has 8 heteroatoms. The van der Waals surface area contributed by atoms with E-state index in [-0.39, 0.29) is 24.4 Å². The second kappa shape index (κ2) is 8.46. The van der Waals surface area contributed by atoms with Gasteiger partial charge in [-0.1, -0.05) is 12.1 Å². The molecule has 1 aromatic carbocycles. The van der Waals surface area contributed by atoms with Crippen molar-refractivity contribution in [2.75, 3.05) is 33.1 Å². The van der Waals surface area contributed by atoms with E-state index in [0.29, 0.717) is 13.1 Å². The van der Waals surface area contributed by atoms with E-state index in [1.54, 1.807) is 29.2 Å². The lowest BCUT2D eigenvalue weighted by Crippen LogP contribution is -2.38. The van der Waals surface area contributed by atoms with E-state index in [9.17, 15) is 13.2 Å². The van der Waals surface area contributed by atoms with E-state index in [1.807, 2.05) is 0 Å². The van der Waals surface area contributed by atoms with Crippen LogP contribution in [0, 0.1) is 0 Å². The zero-order valence-electron chi connectivity index (χ0n) is 13.9. The highest BCUT2D eigenvalue weighted by molar-refractivity contribution is 7.86. The standard InChI is InChI=1S/C16H23NO6S/c1-21-12-16(18)17(11-15-4-3-9-22-15)10-13-5-7-14(8-6-13)23-24(2,19)20/h5-8,15H,3-4,9-12H2,1-2H3. The van der Waals surface area contributed by atoms with E-state index in [4.69, 9.17) is 13.7 Å². The van der Waals surface area contributed by atoms with Gasteiger partial charge in [0.15, 0.2) is 0 Å². The fourth-order valence-electron chi connectivity index (χ4n) is 2.55. The molecular weight excluding hydrogens is 334 g/mol. The lowest BCUT2D eigenvalue weighted by molar-refractivity contribution is -0.137. The minimum absolute atomic E-state index is 0.0159. The van der Waals surface area contributed by atoms with E-state index in [0.717, 1.165) is 31.3 Å². The molecule has 0 aliphatic carbocycles. The van der Waals surface area contributed by atoms with Gasteiger partial charge in [-0.05, 0) is 30.5 Å². The van der Waals surface area contributed by atoms with Crippen LogP contribution >= 0.6 is 0 Å². The molecule has 0 N–H and O–H groups in total. The lowest BCUT2D eigenvalue weighted by Gasteiger charge is -2.25. The van der Waals surface area contributed by atoms with Crippen LogP contribution in [-0.2, 0) is 30.9 Å². The Morgan fingerprint density at radius 2 is 2.04 bits per heavy atom. The van der Waals surface area contributed by atoms with Gasteiger partial charge in [-0.25, -0.2) is 0 Å². The first kappa shape index (κ1) is 18.7. The van der Waals surface area contributed by atoms with Crippen LogP contribution in [0.4, 0.5) is 0 Å². The molecule has 1 saturated heterocycles. The Morgan fingerprint density at radius 3 is 2.58 bits per heavy atom. The van der Waals surface area contributed by atoms with Crippen molar-refractivity contribution in [2.24, 2.45) is 0 Å². The van der Waals surface area contributed by atoms with Crippen LogP contribution in [0.1, 0.15) is 18.4 Å². The molecule has 134 valence electrons. The second-order valence-corrected chi connectivity index (χ2v) is 7.35. The molecule has 1 fully saturated rings. The topological polar surface area (TPSA) is 82.1 Å². The summed E-state index contributed by atoms with van der Waals surface area (Å²) in [5.74, 6) is 0.139. The van der Waals surface area contributed by atoms with Crippen LogP contribution in [0.3, 0.4) is 0 Å². The molecule has 0 aromatic heterocycles. The summed E-state index contributed by atoms with van der Waals surface area (Å²) in [5, 5.41) is 0. The number of carbonyl (C=O) groups excluding carboxylic acids is 1. The van der Waals surface area contributed by atoms with Crippen LogP contribution in [0.15, 0.2) is 24.3 Å². The average molecular weight is 357 g/mol. The Balaban J connectivity index is 2.03. The van der Waals surface area contributed by atoms with Crippen molar-refractivity contribution in [2.45, 2.75) is 25.5 Å². The Morgan fingerprint density at radius 1 is 1.33 bits per heavy atom. The van der Waals surface area contributed by atoms with Crippen molar-refractivity contribution in [3.05, 3.63) is 29.8 Å². The maximum Gasteiger partial charge on any atom is 0.306 e. The van der Waals surface area contributed by atoms with E-state index < -0.39 is 10.1 Å². The van der Waals surface area contributed by atoms with Crippen molar-refractivity contribution >= 4 is 16.0 Å². The minimum Gasteiger partial charge on any atom is -0.383 e. The molecule has 0 bridgehead atoms. The van der Waals surface area contributed by atoms with Crippen LogP contribution in [-0.4, -0.2) is 58.5 Å². The number of ether oxygens (including phenoxy) is 2. The van der Waals surface area contributed by atoms with Gasteiger partial charge in [0, 0.05) is 26.8 Å². The molecule has 24 heavy (non-hydrogen) atoms. The Bertz CT molecular complexity index is 637. The number of carbonyl (C=O) groups is 1. The van der Waals surface area contributed by atoms with Gasteiger partial charge < -0.3 is 18.6 Å². The molecule has 0 radical (unpaired) electrons. The molecule has 1 aliphatic heterocycles. The molecule has 1 amide bonds. The fourth-order valence-corrected chi connectivity index (χ4v) is 3.01. The first-order chi connectivity index (χ1) is 11.4. The SMILES string of the molecule is COCC(=O)N(Cc1ccc(OS(C)(=O)=O)cc1)CC1CCCO1. The molecule has 1 aliphatic rings. The highest BCUT2D eigenvalue weighted by Crippen LogP contribution is 2.18. The first-order valence-corrected chi connectivity index (χ1v) is 9.56. The largest absolute Gasteiger partial charge is 0.383 e. The van der Waals surface area contributed by atoms with Crippen molar-refractivity contribution < 1.29 is 26.9 Å². The van der Waals surface area contributed by atoms with Gasteiger partial charge >= 0.3 is 10.1 Å². The van der Waals surface area contributed by atoms with Gasteiger partial charge in [0.05, 0.1) is 12.4 Å². The van der Waals surface area contributed by atoms with Crippen molar-refractivity contribution in [3.63, 3.8) is 0 Å². The third-order valence-corrected chi connectivity index (χ3v) is 4.11. The summed E-state index contributed by atoms with van der Waals surface area (Å²) in [7, 11) is -2.06. The van der Waals surface area contributed by atoms with Gasteiger partial charge in [0.25, 0.3) is 0 Å². The number of hydrogen-bond acceptors (Lipinski definition) is 6. The van der Waals surface area contributed by atoms with E-state index >= 15 is 0 Å². The molecule has 2 rings (SSSR count). The van der Waals surface area contributed by atoms with Gasteiger partial charge in [-0.2, -0.15) is 8.42 Å². The Kier molecular flexibility index (Phi) is 6.59. The van der Waals surface area contributed by atoms with E-state index in [1.165, 1.54) is 7.11 Å². The highest BCUT2D eigenvalue weighted by Gasteiger charge is 2.22. The molecule has 7 nitrogen and oxygen atoms in total. The third kappa shape index (κ3) is 6.10. The average Bonchev–Trinajstić information content (AvgIpc) is 3.00. The molecule has 1 aromatic rings. The Hall–Kier alpha value is -1.64. The quantitative estimate of drug-likeness (QED) is 0.650. The van der Waals surface area contributed by atoms with Gasteiger partial charge in [0.1, 0.15) is 12.4 Å². The van der Waals surface area contributed by atoms with Crippen molar-refractivity contribution in [3.8, 4) is 5.75 Å². The summed E-state index contributed by atoms with van der Waals surface area (Å²) >= 11 is 0. The summed E-state index contributed by atoms with van der Waals surface area (Å²) in [5.41, 5.74) is 0.873. The van der Waals surface area contributed by atoms with Gasteiger partial charge in [-0.3, -0.25) is 4.79 Å². The number of benzene rings is 1. The monoisotopic (exact) mass is 357 g/mol. The zero-order chi connectivity index (χ0) is 17.6. The number of hydrogen-bond donors (Lipinski definition) is 0. The van der Waals surface area contributed by atoms with Crippen molar-refractivity contribution in [1.29, 1.82) is 0 Å². The Labute approximate surface area is 142 Å². The van der Waals surface area contributed by atoms with Gasteiger partial charge in [-0.15, -0.1) is 0 Å². The molecule has 1 heterocycles.